The Kier molecular flexibility index (Phi) is 2.80. The number of halogens is 2. The van der Waals surface area contributed by atoms with E-state index in [0.717, 1.165) is 4.57 Å². The van der Waals surface area contributed by atoms with Crippen LogP contribution in [-0.4, -0.2) is 21.1 Å². The summed E-state index contributed by atoms with van der Waals surface area (Å²) in [5.41, 5.74) is -0.235. The third kappa shape index (κ3) is 1.64. The zero-order valence-corrected chi connectivity index (χ0v) is 9.29. The number of aromatic amines is 1. The summed E-state index contributed by atoms with van der Waals surface area (Å²) in [5, 5.41) is 6.18. The highest BCUT2D eigenvalue weighted by Crippen LogP contribution is 2.27. The van der Waals surface area contributed by atoms with Crippen molar-refractivity contribution in [3.63, 3.8) is 0 Å². The largest absolute Gasteiger partial charge is 0.348 e. The molecule has 1 aromatic heterocycles. The second-order valence-electron chi connectivity index (χ2n) is 2.91. The number of nitrogens with zero attached hydrogens (tertiary/aromatic N) is 2. The molecular weight excluding hydrogens is 253 g/mol. The van der Waals surface area contributed by atoms with Crippen LogP contribution in [0.15, 0.2) is 23.0 Å². The molecule has 0 saturated heterocycles. The van der Waals surface area contributed by atoms with Gasteiger partial charge in [0.25, 0.3) is 0 Å². The molecule has 0 bridgehead atoms. The highest BCUT2D eigenvalue weighted by molar-refractivity contribution is 6.43. The predicted molar refractivity (Wildman–Crippen MR) is 59.6 cm³/mol. The van der Waals surface area contributed by atoms with Gasteiger partial charge in [0.1, 0.15) is 0 Å². The molecule has 2 rings (SSSR count). The maximum Gasteiger partial charge on any atom is 0.348 e. The van der Waals surface area contributed by atoms with E-state index in [2.05, 4.69) is 10.2 Å². The number of nitrogens with one attached hydrogen (secondary N) is 1. The van der Waals surface area contributed by atoms with Crippen molar-refractivity contribution in [2.75, 3.05) is 0 Å². The Morgan fingerprint density at radius 1 is 1.38 bits per heavy atom. The number of carbonyl (C=O) groups is 1. The number of hydrogen-bond donors (Lipinski definition) is 1. The SMILES string of the molecule is O=Cc1n[nH]c(=O)n1-c1cccc(Cl)c1Cl. The van der Waals surface area contributed by atoms with Crippen LogP contribution in [0.2, 0.25) is 10.0 Å². The van der Waals surface area contributed by atoms with E-state index in [-0.39, 0.29) is 10.8 Å². The monoisotopic (exact) mass is 257 g/mol. The van der Waals surface area contributed by atoms with Crippen LogP contribution in [0.25, 0.3) is 5.69 Å². The van der Waals surface area contributed by atoms with E-state index in [1.165, 1.54) is 0 Å². The minimum atomic E-state index is -0.550. The molecule has 0 amide bonds. The van der Waals surface area contributed by atoms with Crippen LogP contribution in [0, 0.1) is 0 Å². The van der Waals surface area contributed by atoms with E-state index in [4.69, 9.17) is 23.2 Å². The van der Waals surface area contributed by atoms with Crippen LogP contribution in [0.4, 0.5) is 0 Å². The van der Waals surface area contributed by atoms with Gasteiger partial charge in [-0.2, -0.15) is 0 Å². The molecule has 1 N–H and O–H groups in total. The third-order valence-electron chi connectivity index (χ3n) is 1.98. The molecule has 0 radical (unpaired) electrons. The zero-order valence-electron chi connectivity index (χ0n) is 7.78. The fraction of sp³-hybridized carbons (Fsp3) is 0. The number of aldehydes is 1. The van der Waals surface area contributed by atoms with E-state index in [9.17, 15) is 9.59 Å². The average Bonchev–Trinajstić information content (AvgIpc) is 2.64. The number of rotatable bonds is 2. The Morgan fingerprint density at radius 3 is 2.81 bits per heavy atom. The van der Waals surface area contributed by atoms with Gasteiger partial charge in [0.15, 0.2) is 6.29 Å². The van der Waals surface area contributed by atoms with Crippen molar-refractivity contribution >= 4 is 29.5 Å². The van der Waals surface area contributed by atoms with Crippen molar-refractivity contribution in [1.82, 2.24) is 14.8 Å². The van der Waals surface area contributed by atoms with Gasteiger partial charge in [-0.3, -0.25) is 4.79 Å². The fourth-order valence-corrected chi connectivity index (χ4v) is 1.67. The Bertz CT molecular complexity index is 603. The van der Waals surface area contributed by atoms with Gasteiger partial charge in [-0.25, -0.2) is 14.5 Å². The van der Waals surface area contributed by atoms with Gasteiger partial charge in [0.05, 0.1) is 15.7 Å². The first-order valence-electron chi connectivity index (χ1n) is 4.22. The zero-order chi connectivity index (χ0) is 11.7. The minimum absolute atomic E-state index is 0.0610. The van der Waals surface area contributed by atoms with Gasteiger partial charge in [-0.05, 0) is 12.1 Å². The highest BCUT2D eigenvalue weighted by atomic mass is 35.5. The summed E-state index contributed by atoms with van der Waals surface area (Å²) in [5.74, 6) is -0.0610. The van der Waals surface area contributed by atoms with Crippen molar-refractivity contribution in [3.05, 3.63) is 44.6 Å². The third-order valence-corrected chi connectivity index (χ3v) is 2.78. The second kappa shape index (κ2) is 4.11. The van der Waals surface area contributed by atoms with E-state index in [1.54, 1.807) is 18.2 Å². The maximum atomic E-state index is 11.4. The van der Waals surface area contributed by atoms with Crippen LogP contribution in [0.5, 0.6) is 0 Å². The molecule has 0 aliphatic heterocycles. The van der Waals surface area contributed by atoms with Gasteiger partial charge in [0, 0.05) is 0 Å². The number of H-pyrrole nitrogens is 1. The average molecular weight is 258 g/mol. The standard InChI is InChI=1S/C9H5Cl2N3O2/c10-5-2-1-3-6(8(5)11)14-7(4-15)12-13-9(14)16/h1-4H,(H,13,16). The Hall–Kier alpha value is -1.59. The normalized spacial score (nSPS) is 10.4. The van der Waals surface area contributed by atoms with Gasteiger partial charge in [0.2, 0.25) is 5.82 Å². The molecule has 2 aromatic rings. The lowest BCUT2D eigenvalue weighted by Crippen LogP contribution is -2.17. The molecule has 0 aliphatic carbocycles. The van der Waals surface area contributed by atoms with Crippen molar-refractivity contribution < 1.29 is 4.79 Å². The van der Waals surface area contributed by atoms with Crippen LogP contribution < -0.4 is 5.69 Å². The molecule has 5 nitrogen and oxygen atoms in total. The van der Waals surface area contributed by atoms with Crippen molar-refractivity contribution in [2.24, 2.45) is 0 Å². The summed E-state index contributed by atoms with van der Waals surface area (Å²) in [6, 6.07) is 4.77. The topological polar surface area (TPSA) is 67.8 Å². The molecule has 82 valence electrons. The van der Waals surface area contributed by atoms with Crippen LogP contribution >= 0.6 is 23.2 Å². The van der Waals surface area contributed by atoms with E-state index >= 15 is 0 Å². The lowest BCUT2D eigenvalue weighted by molar-refractivity contribution is 0.111. The van der Waals surface area contributed by atoms with Crippen LogP contribution in [0.3, 0.4) is 0 Å². The minimum Gasteiger partial charge on any atom is -0.294 e. The van der Waals surface area contributed by atoms with Gasteiger partial charge >= 0.3 is 5.69 Å². The lowest BCUT2D eigenvalue weighted by Gasteiger charge is -2.05. The molecule has 0 fully saturated rings. The predicted octanol–water partition coefficient (Wildman–Crippen LogP) is 1.68. The number of aromatic nitrogens is 3. The molecular formula is C9H5Cl2N3O2. The van der Waals surface area contributed by atoms with E-state index in [1.807, 2.05) is 0 Å². The van der Waals surface area contributed by atoms with E-state index in [0.29, 0.717) is 17.0 Å². The molecule has 1 heterocycles. The molecule has 0 atom stereocenters. The Morgan fingerprint density at radius 2 is 2.12 bits per heavy atom. The van der Waals surface area contributed by atoms with Crippen molar-refractivity contribution in [2.45, 2.75) is 0 Å². The quantitative estimate of drug-likeness (QED) is 0.833. The summed E-state index contributed by atoms with van der Waals surface area (Å²) < 4.78 is 1.06. The number of benzene rings is 1. The lowest BCUT2D eigenvalue weighted by atomic mass is 10.3. The summed E-state index contributed by atoms with van der Waals surface area (Å²) in [4.78, 5) is 22.1. The van der Waals surface area contributed by atoms with Crippen LogP contribution in [0.1, 0.15) is 10.6 Å². The Balaban J connectivity index is 2.76. The Labute approximate surface area is 99.6 Å². The molecule has 0 saturated carbocycles. The van der Waals surface area contributed by atoms with E-state index < -0.39 is 5.69 Å². The molecule has 16 heavy (non-hydrogen) atoms. The molecule has 0 aliphatic rings. The second-order valence-corrected chi connectivity index (χ2v) is 3.70. The first-order chi connectivity index (χ1) is 7.65. The summed E-state index contributed by atoms with van der Waals surface area (Å²) in [6.07, 6.45) is 0.454. The molecule has 0 unspecified atom stereocenters. The maximum absolute atomic E-state index is 11.4. The molecule has 7 heteroatoms. The number of carbonyl (C=O) groups excluding carboxylic acids is 1. The smallest absolute Gasteiger partial charge is 0.294 e. The first-order valence-corrected chi connectivity index (χ1v) is 4.97. The summed E-state index contributed by atoms with van der Waals surface area (Å²) in [6.45, 7) is 0. The van der Waals surface area contributed by atoms with Gasteiger partial charge < -0.3 is 0 Å². The van der Waals surface area contributed by atoms with Gasteiger partial charge in [-0.1, -0.05) is 29.3 Å². The molecule has 1 aromatic carbocycles. The van der Waals surface area contributed by atoms with Crippen LogP contribution in [-0.2, 0) is 0 Å². The van der Waals surface area contributed by atoms with Gasteiger partial charge in [-0.15, -0.1) is 5.10 Å². The summed E-state index contributed by atoms with van der Waals surface area (Å²) in [7, 11) is 0. The fourth-order valence-electron chi connectivity index (χ4n) is 1.29. The van der Waals surface area contributed by atoms with Crippen molar-refractivity contribution in [3.8, 4) is 5.69 Å². The number of hydrogen-bond acceptors (Lipinski definition) is 3. The highest BCUT2D eigenvalue weighted by Gasteiger charge is 2.13. The molecule has 0 spiro atoms. The van der Waals surface area contributed by atoms with Crippen molar-refractivity contribution in [1.29, 1.82) is 0 Å². The first kappa shape index (κ1) is 10.9. The summed E-state index contributed by atoms with van der Waals surface area (Å²) >= 11 is 11.7.